The molecule has 17 heavy (non-hydrogen) atoms. The van der Waals surface area contributed by atoms with Gasteiger partial charge in [-0.25, -0.2) is 9.78 Å². The Bertz CT molecular complexity index is 461. The van der Waals surface area contributed by atoms with Gasteiger partial charge >= 0.3 is 5.97 Å². The average molecular weight is 235 g/mol. The smallest absolute Gasteiger partial charge is 0.354 e. The number of pyridine rings is 1. The van der Waals surface area contributed by atoms with Gasteiger partial charge in [0.25, 0.3) is 0 Å². The van der Waals surface area contributed by atoms with Gasteiger partial charge in [-0.05, 0) is 12.1 Å². The van der Waals surface area contributed by atoms with Gasteiger partial charge < -0.3 is 14.9 Å². The highest BCUT2D eigenvalue weighted by Gasteiger charge is 2.21. The zero-order chi connectivity index (χ0) is 12.4. The van der Waals surface area contributed by atoms with Gasteiger partial charge in [0.05, 0.1) is 6.54 Å². The Morgan fingerprint density at radius 1 is 1.47 bits per heavy atom. The lowest BCUT2D eigenvalue weighted by molar-refractivity contribution is -0.129. The van der Waals surface area contributed by atoms with Crippen LogP contribution in [0.4, 0.5) is 5.69 Å². The highest BCUT2D eigenvalue weighted by molar-refractivity contribution is 5.87. The zero-order valence-electron chi connectivity index (χ0n) is 9.46. The van der Waals surface area contributed by atoms with Crippen LogP contribution in [0.5, 0.6) is 0 Å². The van der Waals surface area contributed by atoms with E-state index in [-0.39, 0.29) is 18.1 Å². The predicted octanol–water partition coefficient (Wildman–Crippen LogP) is 0.0582. The van der Waals surface area contributed by atoms with Gasteiger partial charge in [-0.1, -0.05) is 0 Å². The number of carbonyl (C=O) groups is 2. The van der Waals surface area contributed by atoms with Gasteiger partial charge in [0, 0.05) is 32.0 Å². The number of likely N-dealkylation sites (N-methyl/N-ethyl adjacent to an activating group) is 1. The van der Waals surface area contributed by atoms with Gasteiger partial charge in [-0.15, -0.1) is 0 Å². The van der Waals surface area contributed by atoms with Crippen LogP contribution in [0.2, 0.25) is 0 Å². The second-order valence-corrected chi connectivity index (χ2v) is 3.94. The summed E-state index contributed by atoms with van der Waals surface area (Å²) in [6.07, 6.45) is 1.45. The molecule has 1 fully saturated rings. The summed E-state index contributed by atoms with van der Waals surface area (Å²) in [5, 5.41) is 8.85. The first kappa shape index (κ1) is 11.4. The monoisotopic (exact) mass is 235 g/mol. The Kier molecular flexibility index (Phi) is 2.95. The van der Waals surface area contributed by atoms with E-state index in [0.29, 0.717) is 13.1 Å². The molecule has 2 heterocycles. The minimum Gasteiger partial charge on any atom is -0.477 e. The van der Waals surface area contributed by atoms with Crippen LogP contribution < -0.4 is 4.90 Å². The van der Waals surface area contributed by atoms with E-state index in [2.05, 4.69) is 4.98 Å². The van der Waals surface area contributed by atoms with Crippen LogP contribution in [0.15, 0.2) is 18.3 Å². The Hall–Kier alpha value is -2.11. The summed E-state index contributed by atoms with van der Waals surface area (Å²) in [6.45, 7) is 1.62. The molecule has 1 saturated heterocycles. The Morgan fingerprint density at radius 2 is 2.24 bits per heavy atom. The molecule has 1 aromatic rings. The molecule has 1 aromatic heterocycles. The summed E-state index contributed by atoms with van der Waals surface area (Å²) in [5.41, 5.74) is 0.715. The van der Waals surface area contributed by atoms with Crippen molar-refractivity contribution in [3.8, 4) is 0 Å². The number of nitrogens with zero attached hydrogens (tertiary/aromatic N) is 3. The molecule has 0 unspecified atom stereocenters. The van der Waals surface area contributed by atoms with Crippen LogP contribution in [0.25, 0.3) is 0 Å². The molecule has 0 radical (unpaired) electrons. The number of carboxylic acid groups (broad SMARTS) is 1. The van der Waals surface area contributed by atoms with Crippen molar-refractivity contribution in [3.05, 3.63) is 24.0 Å². The van der Waals surface area contributed by atoms with E-state index < -0.39 is 5.97 Å². The number of carboxylic acids is 1. The molecule has 1 aliphatic rings. The number of piperazine rings is 1. The van der Waals surface area contributed by atoms with Crippen LogP contribution in [0.1, 0.15) is 10.5 Å². The van der Waals surface area contributed by atoms with Crippen molar-refractivity contribution in [3.63, 3.8) is 0 Å². The van der Waals surface area contributed by atoms with E-state index in [1.807, 2.05) is 4.90 Å². The van der Waals surface area contributed by atoms with E-state index in [1.165, 1.54) is 12.3 Å². The Balaban J connectivity index is 2.20. The van der Waals surface area contributed by atoms with Crippen LogP contribution in [-0.2, 0) is 4.79 Å². The molecule has 0 aromatic carbocycles. The van der Waals surface area contributed by atoms with Crippen molar-refractivity contribution in [2.75, 3.05) is 31.6 Å². The van der Waals surface area contributed by atoms with Gasteiger partial charge in [0.1, 0.15) is 5.69 Å². The first-order valence-corrected chi connectivity index (χ1v) is 5.26. The van der Waals surface area contributed by atoms with E-state index >= 15 is 0 Å². The zero-order valence-corrected chi connectivity index (χ0v) is 9.46. The largest absolute Gasteiger partial charge is 0.477 e. The Morgan fingerprint density at radius 3 is 2.88 bits per heavy atom. The Labute approximate surface area is 98.5 Å². The maximum absolute atomic E-state index is 11.5. The first-order chi connectivity index (χ1) is 8.08. The molecule has 6 nitrogen and oxygen atoms in total. The molecule has 0 saturated carbocycles. The van der Waals surface area contributed by atoms with Crippen molar-refractivity contribution in [1.29, 1.82) is 0 Å². The molecule has 1 N–H and O–H groups in total. The molecule has 0 bridgehead atoms. The molecule has 1 aliphatic heterocycles. The standard InChI is InChI=1S/C11H13N3O3/c1-13-4-5-14(7-10(13)15)8-2-3-12-9(6-8)11(16)17/h2-3,6H,4-5,7H2,1H3,(H,16,17). The van der Waals surface area contributed by atoms with Crippen LogP contribution >= 0.6 is 0 Å². The first-order valence-electron chi connectivity index (χ1n) is 5.26. The summed E-state index contributed by atoms with van der Waals surface area (Å²) in [7, 11) is 1.76. The van der Waals surface area contributed by atoms with Gasteiger partial charge in [-0.3, -0.25) is 4.79 Å². The molecule has 90 valence electrons. The van der Waals surface area contributed by atoms with E-state index in [0.717, 1.165) is 5.69 Å². The summed E-state index contributed by atoms with van der Waals surface area (Å²) in [4.78, 5) is 29.6. The third-order valence-electron chi connectivity index (χ3n) is 2.78. The fraction of sp³-hybridized carbons (Fsp3) is 0.364. The lowest BCUT2D eigenvalue weighted by atomic mass is 10.2. The molecule has 0 aliphatic carbocycles. The maximum Gasteiger partial charge on any atom is 0.354 e. The summed E-state index contributed by atoms with van der Waals surface area (Å²) in [6, 6.07) is 3.20. The number of rotatable bonds is 2. The SMILES string of the molecule is CN1CCN(c2ccnc(C(=O)O)c2)CC1=O. The highest BCUT2D eigenvalue weighted by atomic mass is 16.4. The third kappa shape index (κ3) is 2.35. The fourth-order valence-corrected chi connectivity index (χ4v) is 1.71. The number of anilines is 1. The van der Waals surface area contributed by atoms with E-state index in [4.69, 9.17) is 5.11 Å². The van der Waals surface area contributed by atoms with E-state index in [9.17, 15) is 9.59 Å². The molecule has 1 amide bonds. The number of aromatic carboxylic acids is 1. The van der Waals surface area contributed by atoms with Gasteiger partial charge in [0.2, 0.25) is 5.91 Å². The summed E-state index contributed by atoms with van der Waals surface area (Å²) < 4.78 is 0. The van der Waals surface area contributed by atoms with Crippen molar-refractivity contribution >= 4 is 17.6 Å². The second-order valence-electron chi connectivity index (χ2n) is 3.94. The van der Waals surface area contributed by atoms with Crippen molar-refractivity contribution < 1.29 is 14.7 Å². The number of amides is 1. The van der Waals surface area contributed by atoms with Crippen molar-refractivity contribution in [2.45, 2.75) is 0 Å². The highest BCUT2D eigenvalue weighted by Crippen LogP contribution is 2.16. The minimum absolute atomic E-state index is 0.00567. The summed E-state index contributed by atoms with van der Waals surface area (Å²) in [5.74, 6) is -1.03. The number of carbonyl (C=O) groups excluding carboxylic acids is 1. The molecule has 2 rings (SSSR count). The third-order valence-corrected chi connectivity index (χ3v) is 2.78. The number of aromatic nitrogens is 1. The van der Waals surface area contributed by atoms with Crippen molar-refractivity contribution in [2.24, 2.45) is 0 Å². The molecular formula is C11H13N3O3. The topological polar surface area (TPSA) is 73.7 Å². The minimum atomic E-state index is -1.06. The van der Waals surface area contributed by atoms with Gasteiger partial charge in [-0.2, -0.15) is 0 Å². The predicted molar refractivity (Wildman–Crippen MR) is 61.0 cm³/mol. The number of hydrogen-bond acceptors (Lipinski definition) is 4. The normalized spacial score (nSPS) is 16.2. The van der Waals surface area contributed by atoms with Crippen LogP contribution in [0, 0.1) is 0 Å². The van der Waals surface area contributed by atoms with E-state index in [1.54, 1.807) is 18.0 Å². The van der Waals surface area contributed by atoms with Crippen LogP contribution in [-0.4, -0.2) is 53.5 Å². The average Bonchev–Trinajstić information content (AvgIpc) is 2.33. The maximum atomic E-state index is 11.5. The van der Waals surface area contributed by atoms with Gasteiger partial charge in [0.15, 0.2) is 0 Å². The summed E-state index contributed by atoms with van der Waals surface area (Å²) >= 11 is 0. The van der Waals surface area contributed by atoms with Crippen molar-refractivity contribution in [1.82, 2.24) is 9.88 Å². The lowest BCUT2D eigenvalue weighted by Gasteiger charge is -2.33. The molecule has 0 atom stereocenters. The quantitative estimate of drug-likeness (QED) is 0.784. The molecule has 0 spiro atoms. The van der Waals surface area contributed by atoms with Crippen LogP contribution in [0.3, 0.4) is 0 Å². The molecule has 6 heteroatoms. The lowest BCUT2D eigenvalue weighted by Crippen LogP contribution is -2.48. The molecular weight excluding hydrogens is 222 g/mol. The number of hydrogen-bond donors (Lipinski definition) is 1. The fourth-order valence-electron chi connectivity index (χ4n) is 1.71. The second kappa shape index (κ2) is 4.40.